The molecule has 0 saturated carbocycles. The summed E-state index contributed by atoms with van der Waals surface area (Å²) in [6.45, 7) is 0. The van der Waals surface area contributed by atoms with Crippen molar-refractivity contribution in [1.82, 2.24) is 9.55 Å². The standard InChI is InChI=1S/C16H13FN2S/c17-12-5-7-14-15(9-12)19(16(20)18-14)13-6-4-10-2-1-3-11(10)8-13/h4-9H,1-3H2,(H,18,20). The molecule has 0 amide bonds. The van der Waals surface area contributed by atoms with Crippen LogP contribution in [0.5, 0.6) is 0 Å². The summed E-state index contributed by atoms with van der Waals surface area (Å²) in [5, 5.41) is 0. The van der Waals surface area contributed by atoms with E-state index in [1.54, 1.807) is 6.07 Å². The lowest BCUT2D eigenvalue weighted by molar-refractivity contribution is 0.629. The predicted molar refractivity (Wildman–Crippen MR) is 80.4 cm³/mol. The molecule has 0 saturated heterocycles. The molecule has 1 heterocycles. The lowest BCUT2D eigenvalue weighted by Gasteiger charge is -2.07. The van der Waals surface area contributed by atoms with Crippen molar-refractivity contribution in [1.29, 1.82) is 0 Å². The second kappa shape index (κ2) is 4.28. The van der Waals surface area contributed by atoms with Gasteiger partial charge in [0, 0.05) is 11.8 Å². The van der Waals surface area contributed by atoms with Gasteiger partial charge in [-0.25, -0.2) is 4.39 Å². The van der Waals surface area contributed by atoms with E-state index < -0.39 is 0 Å². The summed E-state index contributed by atoms with van der Waals surface area (Å²) in [6, 6.07) is 11.1. The van der Waals surface area contributed by atoms with E-state index in [1.165, 1.54) is 29.7 Å². The highest BCUT2D eigenvalue weighted by molar-refractivity contribution is 7.71. The summed E-state index contributed by atoms with van der Waals surface area (Å²) in [6.07, 6.45) is 3.49. The molecule has 0 unspecified atom stereocenters. The molecule has 100 valence electrons. The largest absolute Gasteiger partial charge is 0.330 e. The van der Waals surface area contributed by atoms with Gasteiger partial charge in [-0.15, -0.1) is 0 Å². The zero-order valence-electron chi connectivity index (χ0n) is 10.8. The van der Waals surface area contributed by atoms with Gasteiger partial charge >= 0.3 is 0 Å². The van der Waals surface area contributed by atoms with Crippen molar-refractivity contribution in [2.45, 2.75) is 19.3 Å². The summed E-state index contributed by atoms with van der Waals surface area (Å²) in [5.41, 5.74) is 5.46. The molecule has 4 heteroatoms. The predicted octanol–water partition coefficient (Wildman–Crippen LogP) is 4.32. The summed E-state index contributed by atoms with van der Waals surface area (Å²) in [4.78, 5) is 3.13. The molecule has 2 nitrogen and oxygen atoms in total. The zero-order valence-corrected chi connectivity index (χ0v) is 11.6. The molecule has 1 aromatic heterocycles. The van der Waals surface area contributed by atoms with Crippen molar-refractivity contribution in [3.05, 3.63) is 58.1 Å². The van der Waals surface area contributed by atoms with Crippen LogP contribution in [0.15, 0.2) is 36.4 Å². The second-order valence-electron chi connectivity index (χ2n) is 5.23. The molecule has 0 aliphatic heterocycles. The van der Waals surface area contributed by atoms with Gasteiger partial charge in [0.05, 0.1) is 11.0 Å². The second-order valence-corrected chi connectivity index (χ2v) is 5.62. The van der Waals surface area contributed by atoms with Crippen molar-refractivity contribution in [3.63, 3.8) is 0 Å². The SMILES string of the molecule is Fc1ccc2[nH]c(=S)n(-c3ccc4c(c3)CCC4)c2c1. The quantitative estimate of drug-likeness (QED) is 0.660. The van der Waals surface area contributed by atoms with E-state index >= 15 is 0 Å². The fraction of sp³-hybridized carbons (Fsp3) is 0.188. The van der Waals surface area contributed by atoms with Crippen LogP contribution in [0.25, 0.3) is 16.7 Å². The van der Waals surface area contributed by atoms with Gasteiger partial charge in [0.2, 0.25) is 0 Å². The minimum Gasteiger partial charge on any atom is -0.330 e. The van der Waals surface area contributed by atoms with Crippen LogP contribution in [0.1, 0.15) is 17.5 Å². The van der Waals surface area contributed by atoms with Crippen molar-refractivity contribution in [2.24, 2.45) is 0 Å². The van der Waals surface area contributed by atoms with E-state index in [-0.39, 0.29) is 5.82 Å². The van der Waals surface area contributed by atoms with Crippen LogP contribution in [0.3, 0.4) is 0 Å². The highest BCUT2D eigenvalue weighted by Gasteiger charge is 2.13. The number of nitrogens with one attached hydrogen (secondary N) is 1. The van der Waals surface area contributed by atoms with Crippen molar-refractivity contribution >= 4 is 23.3 Å². The molecule has 0 bridgehead atoms. The maximum Gasteiger partial charge on any atom is 0.182 e. The van der Waals surface area contributed by atoms with Crippen LogP contribution in [0.2, 0.25) is 0 Å². The third kappa shape index (κ3) is 1.72. The highest BCUT2D eigenvalue weighted by Crippen LogP contribution is 2.27. The summed E-state index contributed by atoms with van der Waals surface area (Å²) in [7, 11) is 0. The van der Waals surface area contributed by atoms with E-state index in [4.69, 9.17) is 12.2 Å². The van der Waals surface area contributed by atoms with E-state index in [9.17, 15) is 4.39 Å². The number of benzene rings is 2. The molecule has 1 aliphatic rings. The van der Waals surface area contributed by atoms with Crippen LogP contribution in [-0.4, -0.2) is 9.55 Å². The summed E-state index contributed by atoms with van der Waals surface area (Å²) < 4.78 is 16.0. The van der Waals surface area contributed by atoms with Crippen molar-refractivity contribution in [3.8, 4) is 5.69 Å². The average Bonchev–Trinajstić information content (AvgIpc) is 3.00. The van der Waals surface area contributed by atoms with Crippen LogP contribution in [-0.2, 0) is 12.8 Å². The Morgan fingerprint density at radius 1 is 1.05 bits per heavy atom. The maximum atomic E-state index is 13.5. The zero-order chi connectivity index (χ0) is 13.7. The number of halogens is 1. The van der Waals surface area contributed by atoms with E-state index in [0.29, 0.717) is 4.77 Å². The number of aromatic amines is 1. The number of fused-ring (bicyclic) bond motifs is 2. The Bertz CT molecular complexity index is 876. The van der Waals surface area contributed by atoms with Gasteiger partial charge in [0.25, 0.3) is 0 Å². The molecule has 0 atom stereocenters. The highest BCUT2D eigenvalue weighted by atomic mass is 32.1. The molecule has 0 fully saturated rings. The number of hydrogen-bond acceptors (Lipinski definition) is 1. The molecule has 2 aromatic carbocycles. The summed E-state index contributed by atoms with van der Waals surface area (Å²) >= 11 is 5.39. The van der Waals surface area contributed by atoms with Gasteiger partial charge < -0.3 is 4.98 Å². The Balaban J connectivity index is 2.00. The van der Waals surface area contributed by atoms with Gasteiger partial charge in [-0.05, 0) is 66.9 Å². The van der Waals surface area contributed by atoms with Crippen molar-refractivity contribution < 1.29 is 4.39 Å². The van der Waals surface area contributed by atoms with Gasteiger partial charge in [0.1, 0.15) is 5.82 Å². The number of imidazole rings is 1. The summed E-state index contributed by atoms with van der Waals surface area (Å²) in [5.74, 6) is -0.249. The minimum absolute atomic E-state index is 0.249. The fourth-order valence-corrected chi connectivity index (χ4v) is 3.34. The Morgan fingerprint density at radius 2 is 1.90 bits per heavy atom. The Morgan fingerprint density at radius 3 is 2.80 bits per heavy atom. The fourth-order valence-electron chi connectivity index (χ4n) is 3.03. The number of nitrogens with zero attached hydrogens (tertiary/aromatic N) is 1. The molecule has 1 N–H and O–H groups in total. The molecule has 4 rings (SSSR count). The van der Waals surface area contributed by atoms with E-state index in [1.807, 2.05) is 4.57 Å². The van der Waals surface area contributed by atoms with Crippen LogP contribution in [0.4, 0.5) is 4.39 Å². The van der Waals surface area contributed by atoms with Gasteiger partial charge in [0.15, 0.2) is 4.77 Å². The first-order valence-electron chi connectivity index (χ1n) is 6.75. The Hall–Kier alpha value is -1.94. The lowest BCUT2D eigenvalue weighted by atomic mass is 10.1. The molecule has 20 heavy (non-hydrogen) atoms. The minimum atomic E-state index is -0.249. The smallest absolute Gasteiger partial charge is 0.182 e. The molecular weight excluding hydrogens is 271 g/mol. The third-order valence-corrected chi connectivity index (χ3v) is 4.27. The number of hydrogen-bond donors (Lipinski definition) is 1. The molecule has 0 radical (unpaired) electrons. The Kier molecular flexibility index (Phi) is 2.54. The van der Waals surface area contributed by atoms with E-state index in [0.717, 1.165) is 29.6 Å². The third-order valence-electron chi connectivity index (χ3n) is 3.99. The maximum absolute atomic E-state index is 13.5. The number of rotatable bonds is 1. The monoisotopic (exact) mass is 284 g/mol. The van der Waals surface area contributed by atoms with Crippen LogP contribution in [0, 0.1) is 10.6 Å². The average molecular weight is 284 g/mol. The Labute approximate surface area is 120 Å². The van der Waals surface area contributed by atoms with Crippen LogP contribution >= 0.6 is 12.2 Å². The molecule has 1 aliphatic carbocycles. The number of aromatic nitrogens is 2. The number of aryl methyl sites for hydroxylation is 2. The lowest BCUT2D eigenvalue weighted by Crippen LogP contribution is -1.96. The van der Waals surface area contributed by atoms with E-state index in [2.05, 4.69) is 23.2 Å². The molecule has 0 spiro atoms. The van der Waals surface area contributed by atoms with Gasteiger partial charge in [-0.3, -0.25) is 4.57 Å². The first-order valence-corrected chi connectivity index (χ1v) is 7.16. The first kappa shape index (κ1) is 11.9. The van der Waals surface area contributed by atoms with Crippen molar-refractivity contribution in [2.75, 3.05) is 0 Å². The number of H-pyrrole nitrogens is 1. The normalized spacial score (nSPS) is 13.8. The first-order chi connectivity index (χ1) is 9.72. The topological polar surface area (TPSA) is 20.7 Å². The molecule has 3 aromatic rings. The van der Waals surface area contributed by atoms with Crippen LogP contribution < -0.4 is 0 Å². The molecular formula is C16H13FN2S. The van der Waals surface area contributed by atoms with Gasteiger partial charge in [-0.2, -0.15) is 0 Å². The van der Waals surface area contributed by atoms with Gasteiger partial charge in [-0.1, -0.05) is 6.07 Å².